The number of nitrogens with zero attached hydrogens (tertiary/aromatic N) is 1. The molecule has 118 valence electrons. The summed E-state index contributed by atoms with van der Waals surface area (Å²) in [6.07, 6.45) is 2.24. The topological polar surface area (TPSA) is 76.2 Å². The highest BCUT2D eigenvalue weighted by molar-refractivity contribution is 5.77. The van der Waals surface area contributed by atoms with Gasteiger partial charge in [-0.3, -0.25) is 4.79 Å². The van der Waals surface area contributed by atoms with E-state index in [9.17, 15) is 4.79 Å². The van der Waals surface area contributed by atoms with Crippen LogP contribution in [-0.2, 0) is 20.9 Å². The van der Waals surface area contributed by atoms with Crippen LogP contribution in [0.25, 0.3) is 11.0 Å². The number of carbonyl (C=O) groups is 1. The second kappa shape index (κ2) is 6.89. The Morgan fingerprint density at radius 3 is 3.27 bits per heavy atom. The highest BCUT2D eigenvalue weighted by Crippen LogP contribution is 2.13. The number of aromatic nitrogens is 2. The molecule has 0 radical (unpaired) electrons. The van der Waals surface area contributed by atoms with Crippen molar-refractivity contribution in [1.29, 1.82) is 0 Å². The molecule has 1 fully saturated rings. The van der Waals surface area contributed by atoms with Gasteiger partial charge in [0.15, 0.2) is 0 Å². The van der Waals surface area contributed by atoms with Crippen molar-refractivity contribution in [1.82, 2.24) is 15.3 Å². The highest BCUT2D eigenvalue weighted by Gasteiger charge is 2.16. The molecule has 2 aromatic rings. The molecule has 1 aliphatic heterocycles. The van der Waals surface area contributed by atoms with Gasteiger partial charge in [-0.15, -0.1) is 0 Å². The SMILES string of the molecule is Cc1ccc2nc(COCC(=O)NC[C@H]3CCCO3)[nH]c2c1. The van der Waals surface area contributed by atoms with E-state index in [0.717, 1.165) is 36.3 Å². The third kappa shape index (κ3) is 3.84. The van der Waals surface area contributed by atoms with Crippen molar-refractivity contribution in [3.63, 3.8) is 0 Å². The minimum absolute atomic E-state index is 0.0305. The van der Waals surface area contributed by atoms with E-state index >= 15 is 0 Å². The molecule has 6 heteroatoms. The Bertz CT molecular complexity index is 647. The number of amides is 1. The Labute approximate surface area is 129 Å². The molecule has 1 aromatic heterocycles. The van der Waals surface area contributed by atoms with Gasteiger partial charge >= 0.3 is 0 Å². The molecule has 2 heterocycles. The summed E-state index contributed by atoms with van der Waals surface area (Å²) < 4.78 is 10.9. The van der Waals surface area contributed by atoms with Crippen molar-refractivity contribution in [2.45, 2.75) is 32.5 Å². The number of H-pyrrole nitrogens is 1. The zero-order valence-corrected chi connectivity index (χ0v) is 12.7. The van der Waals surface area contributed by atoms with Gasteiger partial charge < -0.3 is 19.8 Å². The first-order valence-corrected chi connectivity index (χ1v) is 7.62. The molecule has 0 spiro atoms. The summed E-state index contributed by atoms with van der Waals surface area (Å²) in [5, 5.41) is 2.83. The molecule has 3 rings (SSSR count). The summed E-state index contributed by atoms with van der Waals surface area (Å²) in [5.74, 6) is 0.606. The van der Waals surface area contributed by atoms with Crippen LogP contribution in [0.5, 0.6) is 0 Å². The lowest BCUT2D eigenvalue weighted by Crippen LogP contribution is -2.34. The summed E-state index contributed by atoms with van der Waals surface area (Å²) in [6, 6.07) is 6.03. The van der Waals surface area contributed by atoms with Crippen LogP contribution in [0.3, 0.4) is 0 Å². The quantitative estimate of drug-likeness (QED) is 0.851. The third-order valence-corrected chi connectivity index (χ3v) is 3.71. The van der Waals surface area contributed by atoms with E-state index in [2.05, 4.69) is 15.3 Å². The van der Waals surface area contributed by atoms with Crippen LogP contribution in [-0.4, -0.2) is 41.7 Å². The van der Waals surface area contributed by atoms with Crippen LogP contribution >= 0.6 is 0 Å². The summed E-state index contributed by atoms with van der Waals surface area (Å²) >= 11 is 0. The number of carbonyl (C=O) groups excluding carboxylic acids is 1. The molecule has 2 N–H and O–H groups in total. The van der Waals surface area contributed by atoms with Gasteiger partial charge in [-0.25, -0.2) is 4.98 Å². The molecule has 1 aliphatic rings. The number of aryl methyl sites for hydroxylation is 1. The molecule has 1 atom stereocenters. The number of fused-ring (bicyclic) bond motifs is 1. The molecule has 6 nitrogen and oxygen atoms in total. The molecule has 0 aliphatic carbocycles. The molecule has 1 saturated heterocycles. The number of ether oxygens (including phenoxy) is 2. The third-order valence-electron chi connectivity index (χ3n) is 3.71. The Hall–Kier alpha value is -1.92. The fourth-order valence-electron chi connectivity index (χ4n) is 2.57. The Kier molecular flexibility index (Phi) is 4.70. The van der Waals surface area contributed by atoms with Gasteiger partial charge in [-0.2, -0.15) is 0 Å². The average molecular weight is 303 g/mol. The van der Waals surface area contributed by atoms with Gasteiger partial charge in [0.1, 0.15) is 19.0 Å². The number of hydrogen-bond acceptors (Lipinski definition) is 4. The monoisotopic (exact) mass is 303 g/mol. The standard InChI is InChI=1S/C16H21N3O3/c1-11-4-5-13-14(7-11)19-15(18-13)9-21-10-16(20)17-8-12-3-2-6-22-12/h4-5,7,12H,2-3,6,8-10H2,1H3,(H,17,20)(H,18,19)/t12-/m1/s1. The Balaban J connectivity index is 1.42. The second-order valence-electron chi connectivity index (χ2n) is 5.64. The summed E-state index contributed by atoms with van der Waals surface area (Å²) in [4.78, 5) is 19.3. The highest BCUT2D eigenvalue weighted by atomic mass is 16.5. The number of imidazole rings is 1. The zero-order valence-electron chi connectivity index (χ0n) is 12.7. The average Bonchev–Trinajstić information content (AvgIpc) is 3.13. The number of aromatic amines is 1. The lowest BCUT2D eigenvalue weighted by Gasteiger charge is -2.10. The number of nitrogens with one attached hydrogen (secondary N) is 2. The second-order valence-corrected chi connectivity index (χ2v) is 5.64. The van der Waals surface area contributed by atoms with Gasteiger partial charge in [-0.1, -0.05) is 6.07 Å². The van der Waals surface area contributed by atoms with Crippen molar-refractivity contribution >= 4 is 16.9 Å². The van der Waals surface area contributed by atoms with E-state index in [0.29, 0.717) is 13.2 Å². The van der Waals surface area contributed by atoms with Crippen molar-refractivity contribution in [3.8, 4) is 0 Å². The van der Waals surface area contributed by atoms with E-state index in [1.165, 1.54) is 5.56 Å². The summed E-state index contributed by atoms with van der Waals surface area (Å²) in [7, 11) is 0. The zero-order chi connectivity index (χ0) is 15.4. The van der Waals surface area contributed by atoms with Crippen LogP contribution in [0.2, 0.25) is 0 Å². The maximum atomic E-state index is 11.7. The molecule has 0 bridgehead atoms. The molecule has 1 amide bonds. The lowest BCUT2D eigenvalue weighted by molar-refractivity contribution is -0.126. The summed E-state index contributed by atoms with van der Waals surface area (Å²) in [6.45, 7) is 3.72. The van der Waals surface area contributed by atoms with E-state index in [1.807, 2.05) is 25.1 Å². The van der Waals surface area contributed by atoms with Crippen molar-refractivity contribution in [2.75, 3.05) is 19.8 Å². The lowest BCUT2D eigenvalue weighted by atomic mass is 10.2. The van der Waals surface area contributed by atoms with Gasteiger partial charge in [0.05, 0.1) is 17.1 Å². The van der Waals surface area contributed by atoms with Gasteiger partial charge in [0.25, 0.3) is 0 Å². The minimum Gasteiger partial charge on any atom is -0.376 e. The maximum Gasteiger partial charge on any atom is 0.246 e. The van der Waals surface area contributed by atoms with E-state index in [1.54, 1.807) is 0 Å². The van der Waals surface area contributed by atoms with Crippen molar-refractivity contribution in [3.05, 3.63) is 29.6 Å². The Morgan fingerprint density at radius 2 is 2.45 bits per heavy atom. The fraction of sp³-hybridized carbons (Fsp3) is 0.500. The number of hydrogen-bond donors (Lipinski definition) is 2. The van der Waals surface area contributed by atoms with Gasteiger partial charge in [-0.05, 0) is 37.5 Å². The fourth-order valence-corrected chi connectivity index (χ4v) is 2.57. The van der Waals surface area contributed by atoms with Crippen LogP contribution < -0.4 is 5.32 Å². The molecule has 22 heavy (non-hydrogen) atoms. The summed E-state index contributed by atoms with van der Waals surface area (Å²) in [5.41, 5.74) is 3.07. The van der Waals surface area contributed by atoms with E-state index in [-0.39, 0.29) is 18.6 Å². The molecular formula is C16H21N3O3. The van der Waals surface area contributed by atoms with Gasteiger partial charge in [0.2, 0.25) is 5.91 Å². The van der Waals surface area contributed by atoms with Crippen molar-refractivity contribution in [2.24, 2.45) is 0 Å². The predicted octanol–water partition coefficient (Wildman–Crippen LogP) is 1.68. The van der Waals surface area contributed by atoms with E-state index < -0.39 is 0 Å². The molecule has 0 unspecified atom stereocenters. The maximum absolute atomic E-state index is 11.7. The first-order chi connectivity index (χ1) is 10.7. The Morgan fingerprint density at radius 1 is 1.55 bits per heavy atom. The molecule has 1 aromatic carbocycles. The number of rotatable bonds is 6. The van der Waals surface area contributed by atoms with E-state index in [4.69, 9.17) is 9.47 Å². The van der Waals surface area contributed by atoms with Crippen LogP contribution in [0.1, 0.15) is 24.2 Å². The van der Waals surface area contributed by atoms with Gasteiger partial charge in [0, 0.05) is 13.2 Å². The number of benzene rings is 1. The molecule has 0 saturated carbocycles. The van der Waals surface area contributed by atoms with Crippen molar-refractivity contribution < 1.29 is 14.3 Å². The van der Waals surface area contributed by atoms with Crippen LogP contribution in [0.4, 0.5) is 0 Å². The largest absolute Gasteiger partial charge is 0.376 e. The minimum atomic E-state index is -0.123. The first kappa shape index (κ1) is 15.0. The molecular weight excluding hydrogens is 282 g/mol. The van der Waals surface area contributed by atoms with Crippen LogP contribution in [0.15, 0.2) is 18.2 Å². The predicted molar refractivity (Wildman–Crippen MR) is 82.5 cm³/mol. The smallest absolute Gasteiger partial charge is 0.246 e. The first-order valence-electron chi connectivity index (χ1n) is 7.62. The normalized spacial score (nSPS) is 18.0. The van der Waals surface area contributed by atoms with Crippen LogP contribution in [0, 0.1) is 6.92 Å².